The Kier molecular flexibility index (Phi) is 6.49. The molecule has 6 nitrogen and oxygen atoms in total. The summed E-state index contributed by atoms with van der Waals surface area (Å²) < 4.78 is 0. The maximum atomic E-state index is 12.2. The molecule has 6 heteroatoms. The Hall–Kier alpha value is -1.30. The van der Waals surface area contributed by atoms with Gasteiger partial charge in [-0.1, -0.05) is 12.8 Å². The summed E-state index contributed by atoms with van der Waals surface area (Å²) in [6.07, 6.45) is 6.55. The average molecular weight is 310 g/mol. The average Bonchev–Trinajstić information content (AvgIpc) is 3.05. The quantitative estimate of drug-likeness (QED) is 0.746. The molecule has 2 fully saturated rings. The molecular weight excluding hydrogens is 280 g/mol. The zero-order valence-corrected chi connectivity index (χ0v) is 13.9. The molecule has 1 saturated heterocycles. The number of nitrogens with one attached hydrogen (secondary N) is 2. The molecule has 0 bridgehead atoms. The lowest BCUT2D eigenvalue weighted by Crippen LogP contribution is -2.51. The van der Waals surface area contributed by atoms with E-state index in [0.717, 1.165) is 51.6 Å². The van der Waals surface area contributed by atoms with Crippen molar-refractivity contribution in [1.82, 2.24) is 20.4 Å². The highest BCUT2D eigenvalue weighted by Gasteiger charge is 2.25. The summed E-state index contributed by atoms with van der Waals surface area (Å²) in [5.74, 6) is 0.344. The van der Waals surface area contributed by atoms with Gasteiger partial charge in [0.1, 0.15) is 0 Å². The Balaban J connectivity index is 1.61. The molecule has 1 saturated carbocycles. The van der Waals surface area contributed by atoms with Gasteiger partial charge in [-0.3, -0.25) is 4.79 Å². The first kappa shape index (κ1) is 17.1. The van der Waals surface area contributed by atoms with Gasteiger partial charge in [0.05, 0.1) is 0 Å². The van der Waals surface area contributed by atoms with Gasteiger partial charge in [0.25, 0.3) is 0 Å². The van der Waals surface area contributed by atoms with Crippen LogP contribution in [0.5, 0.6) is 0 Å². The molecule has 126 valence electrons. The van der Waals surface area contributed by atoms with Crippen LogP contribution in [0.15, 0.2) is 0 Å². The predicted molar refractivity (Wildman–Crippen MR) is 86.6 cm³/mol. The van der Waals surface area contributed by atoms with Crippen molar-refractivity contribution in [3.63, 3.8) is 0 Å². The molecule has 0 aromatic carbocycles. The normalized spacial score (nSPS) is 22.9. The van der Waals surface area contributed by atoms with Crippen LogP contribution in [0.1, 0.15) is 38.5 Å². The van der Waals surface area contributed by atoms with E-state index in [4.69, 9.17) is 0 Å². The van der Waals surface area contributed by atoms with Crippen LogP contribution in [0.2, 0.25) is 0 Å². The highest BCUT2D eigenvalue weighted by Crippen LogP contribution is 2.24. The van der Waals surface area contributed by atoms with Crippen molar-refractivity contribution in [2.24, 2.45) is 5.92 Å². The molecule has 1 atom stereocenters. The van der Waals surface area contributed by atoms with Crippen molar-refractivity contribution in [3.8, 4) is 0 Å². The summed E-state index contributed by atoms with van der Waals surface area (Å²) in [7, 11) is 4.12. The lowest BCUT2D eigenvalue weighted by Gasteiger charge is -2.36. The summed E-state index contributed by atoms with van der Waals surface area (Å²) in [6.45, 7) is 2.63. The summed E-state index contributed by atoms with van der Waals surface area (Å²) in [5, 5.41) is 5.84. The van der Waals surface area contributed by atoms with Crippen LogP contribution in [0.25, 0.3) is 0 Å². The highest BCUT2D eigenvalue weighted by molar-refractivity contribution is 5.79. The fourth-order valence-electron chi connectivity index (χ4n) is 3.36. The summed E-state index contributed by atoms with van der Waals surface area (Å²) in [4.78, 5) is 28.1. The molecule has 2 aliphatic rings. The number of amides is 3. The van der Waals surface area contributed by atoms with Gasteiger partial charge in [-0.2, -0.15) is 0 Å². The summed E-state index contributed by atoms with van der Waals surface area (Å²) >= 11 is 0. The van der Waals surface area contributed by atoms with Crippen molar-refractivity contribution in [1.29, 1.82) is 0 Å². The first-order valence-corrected chi connectivity index (χ1v) is 8.55. The summed E-state index contributed by atoms with van der Waals surface area (Å²) in [5.41, 5.74) is 0. The van der Waals surface area contributed by atoms with E-state index in [0.29, 0.717) is 19.1 Å². The Labute approximate surface area is 133 Å². The van der Waals surface area contributed by atoms with E-state index >= 15 is 0 Å². The van der Waals surface area contributed by atoms with Gasteiger partial charge in [0.2, 0.25) is 5.91 Å². The number of hydrogen-bond donors (Lipinski definition) is 2. The molecule has 1 heterocycles. The number of likely N-dealkylation sites (tertiary alicyclic amines) is 1. The number of likely N-dealkylation sites (N-methyl/N-ethyl adjacent to an activating group) is 1. The Morgan fingerprint density at radius 1 is 1.05 bits per heavy atom. The minimum Gasteiger partial charge on any atom is -0.354 e. The molecule has 0 spiro atoms. The van der Waals surface area contributed by atoms with Crippen LogP contribution in [0, 0.1) is 5.92 Å². The molecule has 1 unspecified atom stereocenters. The topological polar surface area (TPSA) is 64.7 Å². The van der Waals surface area contributed by atoms with Crippen molar-refractivity contribution in [2.75, 3.05) is 40.3 Å². The van der Waals surface area contributed by atoms with E-state index in [1.807, 2.05) is 4.90 Å². The van der Waals surface area contributed by atoms with Crippen LogP contribution in [-0.2, 0) is 4.79 Å². The fraction of sp³-hybridized carbons (Fsp3) is 0.875. The van der Waals surface area contributed by atoms with Crippen molar-refractivity contribution in [3.05, 3.63) is 0 Å². The first-order chi connectivity index (χ1) is 10.6. The highest BCUT2D eigenvalue weighted by atomic mass is 16.2. The third-order valence-electron chi connectivity index (χ3n) is 4.84. The number of piperidine rings is 1. The molecule has 3 amide bonds. The van der Waals surface area contributed by atoms with Gasteiger partial charge < -0.3 is 20.4 Å². The van der Waals surface area contributed by atoms with Crippen molar-refractivity contribution in [2.45, 2.75) is 44.6 Å². The van der Waals surface area contributed by atoms with Gasteiger partial charge in [-0.15, -0.1) is 0 Å². The van der Waals surface area contributed by atoms with Gasteiger partial charge in [-0.25, -0.2) is 4.79 Å². The number of carbonyl (C=O) groups is 2. The van der Waals surface area contributed by atoms with E-state index in [9.17, 15) is 9.59 Å². The van der Waals surface area contributed by atoms with Crippen LogP contribution in [-0.4, -0.2) is 68.1 Å². The molecule has 22 heavy (non-hydrogen) atoms. The molecule has 2 rings (SSSR count). The maximum Gasteiger partial charge on any atom is 0.317 e. The van der Waals surface area contributed by atoms with E-state index in [-0.39, 0.29) is 17.9 Å². The first-order valence-electron chi connectivity index (χ1n) is 8.55. The number of rotatable bonds is 5. The molecule has 1 aliphatic heterocycles. The second-order valence-corrected chi connectivity index (χ2v) is 6.71. The third kappa shape index (κ3) is 4.87. The minimum absolute atomic E-state index is 0.0123. The van der Waals surface area contributed by atoms with E-state index < -0.39 is 0 Å². The van der Waals surface area contributed by atoms with Crippen molar-refractivity contribution < 1.29 is 9.59 Å². The second kappa shape index (κ2) is 8.36. The van der Waals surface area contributed by atoms with Crippen LogP contribution < -0.4 is 10.6 Å². The van der Waals surface area contributed by atoms with Gasteiger partial charge in [0, 0.05) is 38.1 Å². The molecular formula is C16H30N4O2. The van der Waals surface area contributed by atoms with Crippen LogP contribution in [0.3, 0.4) is 0 Å². The lowest BCUT2D eigenvalue weighted by atomic mass is 10.1. The fourth-order valence-corrected chi connectivity index (χ4v) is 3.36. The predicted octanol–water partition coefficient (Wildman–Crippen LogP) is 1.03. The number of carbonyl (C=O) groups excluding carboxylic acids is 2. The Morgan fingerprint density at radius 2 is 1.73 bits per heavy atom. The molecule has 0 radical (unpaired) electrons. The van der Waals surface area contributed by atoms with Crippen LogP contribution >= 0.6 is 0 Å². The van der Waals surface area contributed by atoms with Crippen LogP contribution in [0.4, 0.5) is 4.79 Å². The van der Waals surface area contributed by atoms with Gasteiger partial charge in [-0.05, 0) is 39.8 Å². The number of nitrogens with zero attached hydrogens (tertiary/aromatic N) is 2. The smallest absolute Gasteiger partial charge is 0.317 e. The third-order valence-corrected chi connectivity index (χ3v) is 4.84. The summed E-state index contributed by atoms with van der Waals surface area (Å²) in [6, 6.07) is 0.434. The Morgan fingerprint density at radius 3 is 2.41 bits per heavy atom. The monoisotopic (exact) mass is 310 g/mol. The SMILES string of the molecule is CN(C)C1CCCN(C(=O)NCCNC(=O)C2CCCC2)C1. The molecule has 0 aromatic rings. The van der Waals surface area contributed by atoms with Gasteiger partial charge >= 0.3 is 6.03 Å². The van der Waals surface area contributed by atoms with Crippen molar-refractivity contribution >= 4 is 11.9 Å². The maximum absolute atomic E-state index is 12.2. The standard InChI is InChI=1S/C16H30N4O2/c1-19(2)14-8-5-11-20(12-14)16(22)18-10-9-17-15(21)13-6-3-4-7-13/h13-14H,3-12H2,1-2H3,(H,17,21)(H,18,22). The van der Waals surface area contributed by atoms with E-state index in [2.05, 4.69) is 29.6 Å². The minimum atomic E-state index is -0.0123. The van der Waals surface area contributed by atoms with Gasteiger partial charge in [0.15, 0.2) is 0 Å². The molecule has 2 N–H and O–H groups in total. The molecule has 0 aromatic heterocycles. The zero-order valence-electron chi connectivity index (χ0n) is 13.9. The lowest BCUT2D eigenvalue weighted by molar-refractivity contribution is -0.124. The largest absolute Gasteiger partial charge is 0.354 e. The Bertz CT molecular complexity index is 380. The second-order valence-electron chi connectivity index (χ2n) is 6.71. The van der Waals surface area contributed by atoms with E-state index in [1.54, 1.807) is 0 Å². The molecule has 1 aliphatic carbocycles. The van der Waals surface area contributed by atoms with E-state index in [1.165, 1.54) is 0 Å². The number of urea groups is 1. The number of hydrogen-bond acceptors (Lipinski definition) is 3. The zero-order chi connectivity index (χ0) is 15.9.